The van der Waals surface area contributed by atoms with Gasteiger partial charge in [-0.25, -0.2) is 0 Å². The van der Waals surface area contributed by atoms with Crippen molar-refractivity contribution in [3.05, 3.63) is 52.1 Å². The highest BCUT2D eigenvalue weighted by Crippen LogP contribution is 2.21. The van der Waals surface area contributed by atoms with Crippen LogP contribution in [0.15, 0.2) is 30.5 Å². The number of nitrogens with one attached hydrogen (secondary N) is 1. The maximum Gasteiger partial charge on any atom is 0.304 e. The quantitative estimate of drug-likeness (QED) is 0.666. The van der Waals surface area contributed by atoms with E-state index in [1.54, 1.807) is 17.9 Å². The lowest BCUT2D eigenvalue weighted by Gasteiger charge is -2.06. The Morgan fingerprint density at radius 1 is 1.50 bits per heavy atom. The molecule has 1 heterocycles. The molecule has 0 spiro atoms. The van der Waals surface area contributed by atoms with Crippen molar-refractivity contribution in [2.75, 3.05) is 5.32 Å². The van der Waals surface area contributed by atoms with Crippen LogP contribution >= 0.6 is 0 Å². The third kappa shape index (κ3) is 2.45. The number of halogens is 1. The van der Waals surface area contributed by atoms with Crippen LogP contribution in [0, 0.1) is 15.9 Å². The van der Waals surface area contributed by atoms with Crippen molar-refractivity contribution in [1.82, 2.24) is 9.78 Å². The van der Waals surface area contributed by atoms with Crippen molar-refractivity contribution in [3.63, 3.8) is 0 Å². The Hall–Kier alpha value is -2.44. The van der Waals surface area contributed by atoms with Gasteiger partial charge in [0.1, 0.15) is 0 Å². The van der Waals surface area contributed by atoms with Crippen molar-refractivity contribution < 1.29 is 9.31 Å². The van der Waals surface area contributed by atoms with Crippen LogP contribution in [0.5, 0.6) is 0 Å². The van der Waals surface area contributed by atoms with Gasteiger partial charge in [0.2, 0.25) is 5.82 Å². The maximum absolute atomic E-state index is 13.3. The summed E-state index contributed by atoms with van der Waals surface area (Å²) in [7, 11) is 1.80. The van der Waals surface area contributed by atoms with Gasteiger partial charge in [-0.05, 0) is 12.1 Å². The minimum absolute atomic E-state index is 0.466. The highest BCUT2D eigenvalue weighted by Gasteiger charge is 2.13. The van der Waals surface area contributed by atoms with Crippen LogP contribution in [-0.4, -0.2) is 14.7 Å². The maximum atomic E-state index is 13.3. The molecule has 7 heteroatoms. The smallest absolute Gasteiger partial charge is 0.304 e. The third-order valence-electron chi connectivity index (χ3n) is 2.54. The van der Waals surface area contributed by atoms with Crippen molar-refractivity contribution in [3.8, 4) is 0 Å². The van der Waals surface area contributed by atoms with E-state index in [-0.39, 0.29) is 0 Å². The highest BCUT2D eigenvalue weighted by molar-refractivity contribution is 5.49. The normalized spacial score (nSPS) is 10.3. The zero-order valence-corrected chi connectivity index (χ0v) is 9.63. The molecule has 2 rings (SSSR count). The number of aryl methyl sites for hydroxylation is 1. The van der Waals surface area contributed by atoms with Gasteiger partial charge in [-0.2, -0.15) is 9.49 Å². The van der Waals surface area contributed by atoms with E-state index in [1.165, 1.54) is 6.07 Å². The predicted octanol–water partition coefficient (Wildman–Crippen LogP) is 2.08. The fourth-order valence-corrected chi connectivity index (χ4v) is 1.53. The van der Waals surface area contributed by atoms with Gasteiger partial charge in [-0.15, -0.1) is 0 Å². The van der Waals surface area contributed by atoms with Crippen molar-refractivity contribution >= 4 is 11.4 Å². The number of benzene rings is 1. The second-order valence-corrected chi connectivity index (χ2v) is 3.72. The van der Waals surface area contributed by atoms with E-state index in [4.69, 9.17) is 0 Å². The van der Waals surface area contributed by atoms with E-state index in [0.717, 1.165) is 17.8 Å². The second kappa shape index (κ2) is 4.82. The Balaban J connectivity index is 2.09. The van der Waals surface area contributed by atoms with E-state index in [0.29, 0.717) is 12.2 Å². The van der Waals surface area contributed by atoms with E-state index < -0.39 is 16.4 Å². The SMILES string of the molecule is Cn1nccc1CNc1ccc([N+](=O)[O-])c(F)c1. The van der Waals surface area contributed by atoms with Crippen molar-refractivity contribution in [1.29, 1.82) is 0 Å². The van der Waals surface area contributed by atoms with E-state index in [9.17, 15) is 14.5 Å². The molecule has 6 nitrogen and oxygen atoms in total. The van der Waals surface area contributed by atoms with Crippen LogP contribution in [0.3, 0.4) is 0 Å². The fraction of sp³-hybridized carbons (Fsp3) is 0.182. The van der Waals surface area contributed by atoms with E-state index in [2.05, 4.69) is 10.4 Å². The van der Waals surface area contributed by atoms with Gasteiger partial charge in [-0.1, -0.05) is 0 Å². The Kier molecular flexibility index (Phi) is 3.22. The van der Waals surface area contributed by atoms with Gasteiger partial charge < -0.3 is 5.32 Å². The molecule has 2 aromatic rings. The first-order chi connectivity index (χ1) is 8.58. The summed E-state index contributed by atoms with van der Waals surface area (Å²) in [5, 5.41) is 17.4. The average Bonchev–Trinajstić information content (AvgIpc) is 2.72. The summed E-state index contributed by atoms with van der Waals surface area (Å²) in [6.45, 7) is 0.466. The zero-order valence-electron chi connectivity index (χ0n) is 9.63. The van der Waals surface area contributed by atoms with Gasteiger partial charge in [0.15, 0.2) is 0 Å². The van der Waals surface area contributed by atoms with Crippen molar-refractivity contribution in [2.24, 2.45) is 7.05 Å². The molecule has 0 aliphatic carbocycles. The molecule has 0 aliphatic rings. The first-order valence-corrected chi connectivity index (χ1v) is 5.22. The Bertz CT molecular complexity index is 582. The molecule has 0 aliphatic heterocycles. The monoisotopic (exact) mass is 250 g/mol. The van der Waals surface area contributed by atoms with Crippen LogP contribution in [0.25, 0.3) is 0 Å². The van der Waals surface area contributed by atoms with Crippen LogP contribution in [0.2, 0.25) is 0 Å². The molecule has 18 heavy (non-hydrogen) atoms. The molecule has 0 saturated carbocycles. The Labute approximate surface area is 102 Å². The topological polar surface area (TPSA) is 73.0 Å². The lowest BCUT2D eigenvalue weighted by atomic mass is 10.2. The number of nitro benzene ring substituents is 1. The van der Waals surface area contributed by atoms with Crippen LogP contribution in [0.1, 0.15) is 5.69 Å². The largest absolute Gasteiger partial charge is 0.379 e. The minimum Gasteiger partial charge on any atom is -0.379 e. The minimum atomic E-state index is -0.852. The number of aromatic nitrogens is 2. The molecule has 0 amide bonds. The number of hydrogen-bond donors (Lipinski definition) is 1. The number of rotatable bonds is 4. The molecule has 0 fully saturated rings. The summed E-state index contributed by atoms with van der Waals surface area (Å²) in [5.74, 6) is -0.852. The highest BCUT2D eigenvalue weighted by atomic mass is 19.1. The molecule has 0 bridgehead atoms. The second-order valence-electron chi connectivity index (χ2n) is 3.72. The number of nitrogens with zero attached hydrogens (tertiary/aromatic N) is 3. The van der Waals surface area contributed by atoms with Crippen LogP contribution < -0.4 is 5.32 Å². The Morgan fingerprint density at radius 3 is 2.83 bits per heavy atom. The molecular weight excluding hydrogens is 239 g/mol. The van der Waals surface area contributed by atoms with Crippen molar-refractivity contribution in [2.45, 2.75) is 6.54 Å². The summed E-state index contributed by atoms with van der Waals surface area (Å²) < 4.78 is 15.0. The van der Waals surface area contributed by atoms with Gasteiger partial charge in [0.05, 0.1) is 17.2 Å². The lowest BCUT2D eigenvalue weighted by Crippen LogP contribution is -2.05. The van der Waals surface area contributed by atoms with Crippen LogP contribution in [-0.2, 0) is 13.6 Å². The average molecular weight is 250 g/mol. The Morgan fingerprint density at radius 2 is 2.28 bits per heavy atom. The summed E-state index contributed by atoms with van der Waals surface area (Å²) in [5.41, 5.74) is 0.883. The van der Waals surface area contributed by atoms with E-state index >= 15 is 0 Å². The number of hydrogen-bond acceptors (Lipinski definition) is 4. The summed E-state index contributed by atoms with van der Waals surface area (Å²) >= 11 is 0. The van der Waals surface area contributed by atoms with Gasteiger partial charge in [-0.3, -0.25) is 14.8 Å². The number of nitro groups is 1. The number of anilines is 1. The fourth-order valence-electron chi connectivity index (χ4n) is 1.53. The zero-order chi connectivity index (χ0) is 13.1. The molecule has 0 unspecified atom stereocenters. The molecule has 94 valence electrons. The van der Waals surface area contributed by atoms with Gasteiger partial charge >= 0.3 is 5.69 Å². The lowest BCUT2D eigenvalue weighted by molar-refractivity contribution is -0.387. The predicted molar refractivity (Wildman–Crippen MR) is 63.6 cm³/mol. The standard InChI is InChI=1S/C11H11FN4O2/c1-15-9(4-5-14-15)7-13-8-2-3-11(16(17)18)10(12)6-8/h2-6,13H,7H2,1H3. The van der Waals surface area contributed by atoms with Gasteiger partial charge in [0, 0.05) is 31.1 Å². The molecule has 1 N–H and O–H groups in total. The van der Waals surface area contributed by atoms with Gasteiger partial charge in [0.25, 0.3) is 0 Å². The molecule has 0 atom stereocenters. The summed E-state index contributed by atoms with van der Waals surface area (Å²) in [4.78, 5) is 9.71. The summed E-state index contributed by atoms with van der Waals surface area (Å²) in [6, 6.07) is 5.54. The summed E-state index contributed by atoms with van der Waals surface area (Å²) in [6.07, 6.45) is 1.66. The molecular formula is C11H11FN4O2. The first-order valence-electron chi connectivity index (χ1n) is 5.22. The third-order valence-corrected chi connectivity index (χ3v) is 2.54. The molecule has 0 saturated heterocycles. The molecule has 1 aromatic carbocycles. The van der Waals surface area contributed by atoms with Crippen LogP contribution in [0.4, 0.5) is 15.8 Å². The molecule has 0 radical (unpaired) electrons. The first kappa shape index (κ1) is 12.0. The molecule has 1 aromatic heterocycles. The van der Waals surface area contributed by atoms with E-state index in [1.807, 2.05) is 6.07 Å².